The SMILES string of the molecule is COC(=O)C(O)CNC(=O)c1ccc(N)c(Br)c1. The van der Waals surface area contributed by atoms with Crippen molar-refractivity contribution in [3.63, 3.8) is 0 Å². The Bertz CT molecular complexity index is 464. The van der Waals surface area contributed by atoms with E-state index in [1.807, 2.05) is 0 Å². The van der Waals surface area contributed by atoms with E-state index in [2.05, 4.69) is 26.0 Å². The lowest BCUT2D eigenvalue weighted by molar-refractivity contribution is -0.149. The summed E-state index contributed by atoms with van der Waals surface area (Å²) in [5.41, 5.74) is 6.47. The van der Waals surface area contributed by atoms with E-state index in [0.29, 0.717) is 15.7 Å². The lowest BCUT2D eigenvalue weighted by Crippen LogP contribution is -2.37. The second-order valence-corrected chi connectivity index (χ2v) is 4.34. The van der Waals surface area contributed by atoms with Crippen molar-refractivity contribution in [3.05, 3.63) is 28.2 Å². The van der Waals surface area contributed by atoms with Crippen molar-refractivity contribution in [2.24, 2.45) is 0 Å². The number of rotatable bonds is 4. The number of carbonyl (C=O) groups excluding carboxylic acids is 2. The minimum Gasteiger partial charge on any atom is -0.467 e. The van der Waals surface area contributed by atoms with Crippen LogP contribution < -0.4 is 11.1 Å². The normalized spacial score (nSPS) is 11.7. The van der Waals surface area contributed by atoms with E-state index in [-0.39, 0.29) is 6.54 Å². The van der Waals surface area contributed by atoms with Gasteiger partial charge in [0.15, 0.2) is 6.10 Å². The number of nitrogens with one attached hydrogen (secondary N) is 1. The van der Waals surface area contributed by atoms with Crippen LogP contribution in [0.1, 0.15) is 10.4 Å². The van der Waals surface area contributed by atoms with E-state index in [9.17, 15) is 14.7 Å². The molecule has 1 atom stereocenters. The summed E-state index contributed by atoms with van der Waals surface area (Å²) in [5, 5.41) is 11.7. The number of ether oxygens (including phenoxy) is 1. The van der Waals surface area contributed by atoms with Gasteiger partial charge in [0, 0.05) is 15.7 Å². The first-order chi connectivity index (χ1) is 8.45. The number of benzene rings is 1. The highest BCUT2D eigenvalue weighted by Gasteiger charge is 2.16. The molecule has 1 aromatic carbocycles. The van der Waals surface area contributed by atoms with Crippen molar-refractivity contribution in [1.82, 2.24) is 5.32 Å². The van der Waals surface area contributed by atoms with Crippen LogP contribution in [0.15, 0.2) is 22.7 Å². The van der Waals surface area contributed by atoms with E-state index < -0.39 is 18.0 Å². The molecule has 1 rings (SSSR count). The Morgan fingerprint density at radius 1 is 1.56 bits per heavy atom. The zero-order valence-electron chi connectivity index (χ0n) is 9.64. The van der Waals surface area contributed by atoms with Crippen LogP contribution >= 0.6 is 15.9 Å². The highest BCUT2D eigenvalue weighted by Crippen LogP contribution is 2.20. The van der Waals surface area contributed by atoms with Gasteiger partial charge in [-0.2, -0.15) is 0 Å². The Morgan fingerprint density at radius 2 is 2.22 bits per heavy atom. The second-order valence-electron chi connectivity index (χ2n) is 3.49. The Labute approximate surface area is 112 Å². The molecule has 1 amide bonds. The molecule has 0 fully saturated rings. The summed E-state index contributed by atoms with van der Waals surface area (Å²) in [7, 11) is 1.16. The number of carbonyl (C=O) groups is 2. The fourth-order valence-corrected chi connectivity index (χ4v) is 1.56. The smallest absolute Gasteiger partial charge is 0.336 e. The Hall–Kier alpha value is -1.60. The summed E-state index contributed by atoms with van der Waals surface area (Å²) in [4.78, 5) is 22.6. The minimum absolute atomic E-state index is 0.215. The number of esters is 1. The lowest BCUT2D eigenvalue weighted by atomic mass is 10.2. The fourth-order valence-electron chi connectivity index (χ4n) is 1.18. The third-order valence-corrected chi connectivity index (χ3v) is 2.88. The first kappa shape index (κ1) is 14.5. The van der Waals surface area contributed by atoms with Crippen LogP contribution in [0.4, 0.5) is 5.69 Å². The van der Waals surface area contributed by atoms with E-state index in [1.54, 1.807) is 18.2 Å². The summed E-state index contributed by atoms with van der Waals surface area (Å²) < 4.78 is 4.92. The quantitative estimate of drug-likeness (QED) is 0.547. The summed E-state index contributed by atoms with van der Waals surface area (Å²) in [5.74, 6) is -1.22. The lowest BCUT2D eigenvalue weighted by Gasteiger charge is -2.10. The maximum absolute atomic E-state index is 11.7. The molecule has 0 aromatic heterocycles. The maximum atomic E-state index is 11.7. The molecule has 0 aliphatic rings. The van der Waals surface area contributed by atoms with Crippen LogP contribution in [0, 0.1) is 0 Å². The molecule has 18 heavy (non-hydrogen) atoms. The van der Waals surface area contributed by atoms with Gasteiger partial charge in [0.1, 0.15) is 0 Å². The standard InChI is InChI=1S/C11H13BrN2O4/c1-18-11(17)9(15)5-14-10(16)6-2-3-8(13)7(12)4-6/h2-4,9,15H,5,13H2,1H3,(H,14,16). The van der Waals surface area contributed by atoms with Gasteiger partial charge in [-0.05, 0) is 34.1 Å². The van der Waals surface area contributed by atoms with E-state index in [1.165, 1.54) is 0 Å². The number of methoxy groups -OCH3 is 1. The molecule has 7 heteroatoms. The molecule has 0 saturated carbocycles. The number of halogens is 1. The molecule has 0 bridgehead atoms. The number of anilines is 1. The van der Waals surface area contributed by atoms with Crippen LogP contribution in [0.2, 0.25) is 0 Å². The average molecular weight is 317 g/mol. The molecule has 0 spiro atoms. The first-order valence-corrected chi connectivity index (χ1v) is 5.84. The van der Waals surface area contributed by atoms with Gasteiger partial charge in [0.05, 0.1) is 13.7 Å². The van der Waals surface area contributed by atoms with Crippen molar-refractivity contribution >= 4 is 33.5 Å². The molecular formula is C11H13BrN2O4. The van der Waals surface area contributed by atoms with Crippen molar-refractivity contribution < 1.29 is 19.4 Å². The predicted octanol–water partition coefficient (Wildman–Crippen LogP) is 0.295. The third kappa shape index (κ3) is 3.71. The molecule has 98 valence electrons. The van der Waals surface area contributed by atoms with Gasteiger partial charge in [0.2, 0.25) is 0 Å². The van der Waals surface area contributed by atoms with Crippen LogP contribution in [-0.2, 0) is 9.53 Å². The van der Waals surface area contributed by atoms with Gasteiger partial charge in [-0.15, -0.1) is 0 Å². The number of hydrogen-bond acceptors (Lipinski definition) is 5. The van der Waals surface area contributed by atoms with Gasteiger partial charge in [-0.1, -0.05) is 0 Å². The van der Waals surface area contributed by atoms with Gasteiger partial charge in [-0.25, -0.2) is 4.79 Å². The van der Waals surface area contributed by atoms with Crippen LogP contribution in [0.5, 0.6) is 0 Å². The molecule has 6 nitrogen and oxygen atoms in total. The van der Waals surface area contributed by atoms with Gasteiger partial charge < -0.3 is 20.9 Å². The topological polar surface area (TPSA) is 102 Å². The monoisotopic (exact) mass is 316 g/mol. The van der Waals surface area contributed by atoms with E-state index in [4.69, 9.17) is 5.73 Å². The third-order valence-electron chi connectivity index (χ3n) is 2.19. The number of hydrogen-bond donors (Lipinski definition) is 3. The fraction of sp³-hybridized carbons (Fsp3) is 0.273. The molecule has 0 aliphatic heterocycles. The Balaban J connectivity index is 2.60. The van der Waals surface area contributed by atoms with Crippen molar-refractivity contribution in [2.45, 2.75) is 6.10 Å². The van der Waals surface area contributed by atoms with E-state index in [0.717, 1.165) is 7.11 Å². The summed E-state index contributed by atoms with van der Waals surface area (Å²) in [6, 6.07) is 4.67. The van der Waals surface area contributed by atoms with Crippen molar-refractivity contribution in [2.75, 3.05) is 19.4 Å². The molecule has 0 radical (unpaired) electrons. The minimum atomic E-state index is -1.38. The Morgan fingerprint density at radius 3 is 2.78 bits per heavy atom. The number of nitrogens with two attached hydrogens (primary N) is 1. The zero-order valence-corrected chi connectivity index (χ0v) is 11.2. The van der Waals surface area contributed by atoms with E-state index >= 15 is 0 Å². The number of amides is 1. The Kier molecular flexibility index (Phi) is 5.11. The zero-order chi connectivity index (χ0) is 13.7. The molecule has 0 aliphatic carbocycles. The predicted molar refractivity (Wildman–Crippen MR) is 68.9 cm³/mol. The largest absolute Gasteiger partial charge is 0.467 e. The average Bonchev–Trinajstić information content (AvgIpc) is 2.37. The van der Waals surface area contributed by atoms with Gasteiger partial charge in [0.25, 0.3) is 5.91 Å². The van der Waals surface area contributed by atoms with Gasteiger partial charge in [-0.3, -0.25) is 4.79 Å². The molecule has 4 N–H and O–H groups in total. The number of aliphatic hydroxyl groups is 1. The highest BCUT2D eigenvalue weighted by atomic mass is 79.9. The second kappa shape index (κ2) is 6.36. The van der Waals surface area contributed by atoms with Gasteiger partial charge >= 0.3 is 5.97 Å². The first-order valence-electron chi connectivity index (χ1n) is 5.04. The number of nitrogen functional groups attached to an aromatic ring is 1. The molecule has 0 saturated heterocycles. The van der Waals surface area contributed by atoms with Crippen molar-refractivity contribution in [1.29, 1.82) is 0 Å². The van der Waals surface area contributed by atoms with Crippen molar-refractivity contribution in [3.8, 4) is 0 Å². The number of aliphatic hydroxyl groups excluding tert-OH is 1. The molecular weight excluding hydrogens is 304 g/mol. The summed E-state index contributed by atoms with van der Waals surface area (Å²) in [6.07, 6.45) is -1.38. The van der Waals surface area contributed by atoms with Crippen LogP contribution in [0.3, 0.4) is 0 Å². The van der Waals surface area contributed by atoms with Crippen LogP contribution in [0.25, 0.3) is 0 Å². The molecule has 1 aromatic rings. The molecule has 0 heterocycles. The highest BCUT2D eigenvalue weighted by molar-refractivity contribution is 9.10. The maximum Gasteiger partial charge on any atom is 0.336 e. The van der Waals surface area contributed by atoms with Crippen LogP contribution in [-0.4, -0.2) is 36.7 Å². The summed E-state index contributed by atoms with van der Waals surface area (Å²) >= 11 is 3.20. The summed E-state index contributed by atoms with van der Waals surface area (Å²) in [6.45, 7) is -0.215. The molecule has 1 unspecified atom stereocenters.